The lowest BCUT2D eigenvalue weighted by Gasteiger charge is -2.00. The summed E-state index contributed by atoms with van der Waals surface area (Å²) >= 11 is 5.98. The Labute approximate surface area is 114 Å². The van der Waals surface area contributed by atoms with Gasteiger partial charge in [0.05, 0.1) is 10.6 Å². The van der Waals surface area contributed by atoms with Crippen LogP contribution in [0.3, 0.4) is 0 Å². The minimum Gasteiger partial charge on any atom is -0.508 e. The van der Waals surface area contributed by atoms with Gasteiger partial charge in [-0.05, 0) is 35.9 Å². The van der Waals surface area contributed by atoms with Gasteiger partial charge in [-0.1, -0.05) is 29.8 Å². The number of Topliss-reactive ketones (excluding diaryl/α,β-unsaturated/α-hetero) is 1. The molecule has 19 heavy (non-hydrogen) atoms. The first-order valence-corrected chi connectivity index (χ1v) is 6.05. The van der Waals surface area contributed by atoms with E-state index in [1.807, 2.05) is 0 Å². The number of aromatic hydroxyl groups is 1. The van der Waals surface area contributed by atoms with Gasteiger partial charge in [0.1, 0.15) is 5.75 Å². The van der Waals surface area contributed by atoms with E-state index in [1.165, 1.54) is 0 Å². The number of ketones is 1. The van der Waals surface area contributed by atoms with E-state index < -0.39 is 0 Å². The number of hydrogen-bond donors (Lipinski definition) is 1. The molecular weight excluding hydrogens is 264 g/mol. The van der Waals surface area contributed by atoms with Crippen LogP contribution in [-0.2, 0) is 0 Å². The Bertz CT molecular complexity index is 704. The summed E-state index contributed by atoms with van der Waals surface area (Å²) in [7, 11) is 0. The Hall–Kier alpha value is -2.26. The van der Waals surface area contributed by atoms with Gasteiger partial charge in [0, 0.05) is 0 Å². The molecule has 2 aromatic carbocycles. The molecule has 0 bridgehead atoms. The Morgan fingerprint density at radius 1 is 1.16 bits per heavy atom. The van der Waals surface area contributed by atoms with Crippen molar-refractivity contribution < 1.29 is 14.6 Å². The number of rotatable bonds is 1. The number of hydrogen-bond acceptors (Lipinski definition) is 3. The molecule has 0 fully saturated rings. The van der Waals surface area contributed by atoms with Crippen LogP contribution in [0.1, 0.15) is 15.9 Å². The summed E-state index contributed by atoms with van der Waals surface area (Å²) in [5, 5.41) is 9.80. The van der Waals surface area contributed by atoms with Crippen molar-refractivity contribution in [1.29, 1.82) is 0 Å². The molecular formula is C15H9ClO3. The van der Waals surface area contributed by atoms with E-state index in [4.69, 9.17) is 16.3 Å². The van der Waals surface area contributed by atoms with E-state index >= 15 is 0 Å². The van der Waals surface area contributed by atoms with Gasteiger partial charge in [-0.25, -0.2) is 0 Å². The molecule has 1 aliphatic heterocycles. The largest absolute Gasteiger partial charge is 0.508 e. The van der Waals surface area contributed by atoms with Crippen LogP contribution in [0.15, 0.2) is 48.2 Å². The van der Waals surface area contributed by atoms with Crippen LogP contribution in [0.25, 0.3) is 6.08 Å². The molecule has 2 aromatic rings. The number of ether oxygens (including phenoxy) is 1. The number of phenols is 1. The number of benzene rings is 2. The number of halogens is 1. The van der Waals surface area contributed by atoms with Crippen molar-refractivity contribution in [2.45, 2.75) is 0 Å². The highest BCUT2D eigenvalue weighted by atomic mass is 35.5. The van der Waals surface area contributed by atoms with Gasteiger partial charge in [0.15, 0.2) is 11.5 Å². The van der Waals surface area contributed by atoms with E-state index in [1.54, 1.807) is 48.5 Å². The van der Waals surface area contributed by atoms with Gasteiger partial charge in [-0.15, -0.1) is 0 Å². The smallest absolute Gasteiger partial charge is 0.232 e. The van der Waals surface area contributed by atoms with Crippen molar-refractivity contribution in [2.75, 3.05) is 0 Å². The van der Waals surface area contributed by atoms with Crippen LogP contribution in [0.5, 0.6) is 11.5 Å². The zero-order valence-corrected chi connectivity index (χ0v) is 10.5. The predicted octanol–water partition coefficient (Wildman–Crippen LogP) is 3.66. The lowest BCUT2D eigenvalue weighted by molar-refractivity contribution is 0.101. The van der Waals surface area contributed by atoms with Crippen molar-refractivity contribution in [3.8, 4) is 11.5 Å². The summed E-state index contributed by atoms with van der Waals surface area (Å²) in [6, 6.07) is 11.6. The van der Waals surface area contributed by atoms with Crippen molar-refractivity contribution in [1.82, 2.24) is 0 Å². The fraction of sp³-hybridized carbons (Fsp3) is 0. The van der Waals surface area contributed by atoms with Crippen LogP contribution in [-0.4, -0.2) is 10.9 Å². The molecule has 94 valence electrons. The molecule has 1 aliphatic rings. The fourth-order valence-electron chi connectivity index (χ4n) is 1.94. The summed E-state index contributed by atoms with van der Waals surface area (Å²) in [5.74, 6) is 0.519. The third-order valence-corrected chi connectivity index (χ3v) is 3.11. The molecule has 0 amide bonds. The minimum atomic E-state index is -0.208. The summed E-state index contributed by atoms with van der Waals surface area (Å²) in [4.78, 5) is 12.1. The lowest BCUT2D eigenvalue weighted by atomic mass is 10.1. The summed E-state index contributed by atoms with van der Waals surface area (Å²) in [5.41, 5.74) is 1.14. The van der Waals surface area contributed by atoms with Gasteiger partial charge in [0.25, 0.3) is 0 Å². The Morgan fingerprint density at radius 2 is 1.95 bits per heavy atom. The van der Waals surface area contributed by atoms with Gasteiger partial charge < -0.3 is 9.84 Å². The maximum Gasteiger partial charge on any atom is 0.232 e. The van der Waals surface area contributed by atoms with Crippen molar-refractivity contribution in [3.63, 3.8) is 0 Å². The summed E-state index contributed by atoms with van der Waals surface area (Å²) < 4.78 is 5.49. The normalized spacial score (nSPS) is 15.4. The Morgan fingerprint density at radius 3 is 2.68 bits per heavy atom. The average Bonchev–Trinajstić information content (AvgIpc) is 2.69. The third kappa shape index (κ3) is 2.09. The maximum absolute atomic E-state index is 12.1. The molecule has 0 unspecified atom stereocenters. The summed E-state index contributed by atoms with van der Waals surface area (Å²) in [6.07, 6.45) is 1.58. The van der Waals surface area contributed by atoms with Crippen LogP contribution in [0.2, 0.25) is 5.02 Å². The second-order valence-corrected chi connectivity index (χ2v) is 4.56. The molecule has 3 nitrogen and oxygen atoms in total. The second kappa shape index (κ2) is 4.44. The van der Waals surface area contributed by atoms with Gasteiger partial charge in [-0.2, -0.15) is 0 Å². The van der Waals surface area contributed by atoms with E-state index in [0.717, 1.165) is 0 Å². The first kappa shape index (κ1) is 11.8. The Kier molecular flexibility index (Phi) is 2.76. The van der Waals surface area contributed by atoms with Crippen molar-refractivity contribution >= 4 is 23.5 Å². The fourth-order valence-corrected chi connectivity index (χ4v) is 2.15. The molecule has 0 radical (unpaired) electrons. The highest BCUT2D eigenvalue weighted by Crippen LogP contribution is 2.37. The van der Waals surface area contributed by atoms with Gasteiger partial charge >= 0.3 is 0 Å². The number of para-hydroxylation sites is 1. The van der Waals surface area contributed by atoms with Crippen molar-refractivity contribution in [3.05, 3.63) is 64.4 Å². The number of phenolic OH excluding ortho intramolecular Hbond substituents is 1. The molecule has 4 heteroatoms. The highest BCUT2D eigenvalue weighted by Gasteiger charge is 2.28. The third-order valence-electron chi connectivity index (χ3n) is 2.82. The quantitative estimate of drug-likeness (QED) is 0.806. The predicted molar refractivity (Wildman–Crippen MR) is 72.5 cm³/mol. The van der Waals surface area contributed by atoms with Crippen LogP contribution in [0.4, 0.5) is 0 Å². The SMILES string of the molecule is O=C1C(=Cc2cccc(O)c2)Oc2c(Cl)cccc21. The highest BCUT2D eigenvalue weighted by molar-refractivity contribution is 6.33. The zero-order chi connectivity index (χ0) is 13.4. The standard InChI is InChI=1S/C15H9ClO3/c16-12-6-2-5-11-14(18)13(19-15(11)12)8-9-3-1-4-10(17)7-9/h1-8,17H. The lowest BCUT2D eigenvalue weighted by Crippen LogP contribution is -1.97. The van der Waals surface area contributed by atoms with Crippen LogP contribution in [0, 0.1) is 0 Å². The second-order valence-electron chi connectivity index (χ2n) is 4.15. The number of carbonyl (C=O) groups excluding carboxylic acids is 1. The molecule has 0 saturated carbocycles. The first-order chi connectivity index (χ1) is 9.15. The number of carbonyl (C=O) groups is 1. The molecule has 0 saturated heterocycles. The topological polar surface area (TPSA) is 46.5 Å². The average molecular weight is 273 g/mol. The molecule has 0 aromatic heterocycles. The van der Waals surface area contributed by atoms with E-state index in [-0.39, 0.29) is 17.3 Å². The van der Waals surface area contributed by atoms with Crippen molar-refractivity contribution in [2.24, 2.45) is 0 Å². The van der Waals surface area contributed by atoms with Crippen LogP contribution < -0.4 is 4.74 Å². The molecule has 1 heterocycles. The first-order valence-electron chi connectivity index (χ1n) is 5.67. The Balaban J connectivity index is 2.02. The van der Waals surface area contributed by atoms with E-state index in [9.17, 15) is 9.90 Å². The number of allylic oxidation sites excluding steroid dienone is 1. The monoisotopic (exact) mass is 272 g/mol. The molecule has 0 atom stereocenters. The molecule has 0 aliphatic carbocycles. The summed E-state index contributed by atoms with van der Waals surface area (Å²) in [6.45, 7) is 0. The number of fused-ring (bicyclic) bond motifs is 1. The van der Waals surface area contributed by atoms with Gasteiger partial charge in [0.2, 0.25) is 5.78 Å². The minimum absolute atomic E-state index is 0.135. The van der Waals surface area contributed by atoms with Crippen LogP contribution >= 0.6 is 11.6 Å². The molecule has 3 rings (SSSR count). The zero-order valence-electron chi connectivity index (χ0n) is 9.76. The maximum atomic E-state index is 12.1. The van der Waals surface area contributed by atoms with E-state index in [2.05, 4.69) is 0 Å². The van der Waals surface area contributed by atoms with E-state index in [0.29, 0.717) is 21.9 Å². The molecule has 1 N–H and O–H groups in total. The molecule has 0 spiro atoms. The van der Waals surface area contributed by atoms with Gasteiger partial charge in [-0.3, -0.25) is 4.79 Å².